The SMILES string of the molecule is C=CCOc1nc(Nc2ccc3nn(-c4ccccc4O)nc3c2)nc(Nc2ccc3c4c(cccc24)C(=O)c2ccccc2-3)n1. The molecule has 0 spiro atoms. The number of benzene rings is 5. The molecule has 11 nitrogen and oxygen atoms in total. The van der Waals surface area contributed by atoms with Gasteiger partial charge in [0.2, 0.25) is 11.9 Å². The highest BCUT2D eigenvalue weighted by Gasteiger charge is 2.25. The molecule has 0 amide bonds. The molecule has 0 atom stereocenters. The smallest absolute Gasteiger partial charge is 0.323 e. The first-order chi connectivity index (χ1) is 22.6. The van der Waals surface area contributed by atoms with Crippen LogP contribution in [0.15, 0.2) is 110 Å². The van der Waals surface area contributed by atoms with Crippen molar-refractivity contribution in [1.82, 2.24) is 29.9 Å². The number of nitrogens with zero attached hydrogens (tertiary/aromatic N) is 6. The molecule has 1 aliphatic carbocycles. The van der Waals surface area contributed by atoms with Crippen molar-refractivity contribution in [3.63, 3.8) is 0 Å². The summed E-state index contributed by atoms with van der Waals surface area (Å²) in [7, 11) is 0. The minimum absolute atomic E-state index is 0.00446. The number of nitrogens with one attached hydrogen (secondary N) is 2. The van der Waals surface area contributed by atoms with E-state index in [1.807, 2.05) is 66.7 Å². The number of para-hydroxylation sites is 2. The van der Waals surface area contributed by atoms with Crippen molar-refractivity contribution < 1.29 is 14.6 Å². The van der Waals surface area contributed by atoms with Gasteiger partial charge in [-0.2, -0.15) is 15.0 Å². The number of hydrogen-bond donors (Lipinski definition) is 3. The number of carbonyl (C=O) groups excluding carboxylic acids is 1. The maximum atomic E-state index is 13.4. The van der Waals surface area contributed by atoms with Crippen LogP contribution in [0.1, 0.15) is 15.9 Å². The van der Waals surface area contributed by atoms with E-state index in [0.717, 1.165) is 27.6 Å². The number of ketones is 1. The Morgan fingerprint density at radius 3 is 2.37 bits per heavy atom. The van der Waals surface area contributed by atoms with E-state index in [2.05, 4.69) is 42.4 Å². The fourth-order valence-electron chi connectivity index (χ4n) is 5.64. The molecule has 0 unspecified atom stereocenters. The summed E-state index contributed by atoms with van der Waals surface area (Å²) in [6, 6.07) is 29.7. The largest absolute Gasteiger partial charge is 0.506 e. The van der Waals surface area contributed by atoms with Crippen LogP contribution in [-0.2, 0) is 0 Å². The van der Waals surface area contributed by atoms with Gasteiger partial charge >= 0.3 is 6.01 Å². The zero-order chi connectivity index (χ0) is 31.2. The number of fused-ring (bicyclic) bond motifs is 3. The van der Waals surface area contributed by atoms with E-state index in [1.165, 1.54) is 4.80 Å². The van der Waals surface area contributed by atoms with Crippen molar-refractivity contribution in [2.45, 2.75) is 0 Å². The number of carbonyl (C=O) groups is 1. The van der Waals surface area contributed by atoms with Gasteiger partial charge in [-0.3, -0.25) is 4.79 Å². The van der Waals surface area contributed by atoms with Gasteiger partial charge in [0.15, 0.2) is 5.78 Å². The van der Waals surface area contributed by atoms with E-state index in [9.17, 15) is 9.90 Å². The Bertz CT molecular complexity index is 2350. The first-order valence-electron chi connectivity index (χ1n) is 14.4. The van der Waals surface area contributed by atoms with Crippen molar-refractivity contribution in [3.8, 4) is 28.6 Å². The Morgan fingerprint density at radius 2 is 1.52 bits per heavy atom. The summed E-state index contributed by atoms with van der Waals surface area (Å²) in [4.78, 5) is 28.3. The highest BCUT2D eigenvalue weighted by molar-refractivity contribution is 6.27. The van der Waals surface area contributed by atoms with E-state index in [1.54, 1.807) is 36.4 Å². The lowest BCUT2D eigenvalue weighted by atomic mass is 9.82. The van der Waals surface area contributed by atoms with Gasteiger partial charge in [0, 0.05) is 33.3 Å². The average Bonchev–Trinajstić information content (AvgIpc) is 3.50. The number of phenols is 1. The molecule has 0 saturated carbocycles. The van der Waals surface area contributed by atoms with Crippen LogP contribution in [-0.4, -0.2) is 47.4 Å². The zero-order valence-corrected chi connectivity index (χ0v) is 24.2. The van der Waals surface area contributed by atoms with Crippen LogP contribution >= 0.6 is 0 Å². The van der Waals surface area contributed by atoms with E-state index in [-0.39, 0.29) is 36.0 Å². The molecule has 2 aromatic heterocycles. The van der Waals surface area contributed by atoms with Crippen LogP contribution in [0, 0.1) is 0 Å². The van der Waals surface area contributed by atoms with Gasteiger partial charge in [0.25, 0.3) is 0 Å². The fourth-order valence-corrected chi connectivity index (χ4v) is 5.64. The lowest BCUT2D eigenvalue weighted by Gasteiger charge is -2.21. The molecule has 2 heterocycles. The maximum Gasteiger partial charge on any atom is 0.323 e. The van der Waals surface area contributed by atoms with Gasteiger partial charge < -0.3 is 20.5 Å². The second-order valence-electron chi connectivity index (χ2n) is 10.6. The van der Waals surface area contributed by atoms with Crippen molar-refractivity contribution in [1.29, 1.82) is 0 Å². The number of rotatable bonds is 8. The highest BCUT2D eigenvalue weighted by Crippen LogP contribution is 2.42. The third kappa shape index (κ3) is 4.63. The Hall–Kier alpha value is -6.62. The molecule has 0 bridgehead atoms. The van der Waals surface area contributed by atoms with E-state index >= 15 is 0 Å². The third-order valence-electron chi connectivity index (χ3n) is 7.67. The van der Waals surface area contributed by atoms with Crippen LogP contribution < -0.4 is 15.4 Å². The summed E-state index contributed by atoms with van der Waals surface area (Å²) >= 11 is 0. The topological polar surface area (TPSA) is 140 Å². The molecule has 0 aliphatic heterocycles. The molecule has 0 fully saturated rings. The second-order valence-corrected chi connectivity index (χ2v) is 10.6. The van der Waals surface area contributed by atoms with Crippen molar-refractivity contribution >= 4 is 50.9 Å². The summed E-state index contributed by atoms with van der Waals surface area (Å²) in [6.45, 7) is 3.92. The first kappa shape index (κ1) is 27.0. The highest BCUT2D eigenvalue weighted by atomic mass is 16.5. The Balaban J connectivity index is 1.15. The van der Waals surface area contributed by atoms with E-state index in [4.69, 9.17) is 4.74 Å². The molecule has 5 aromatic carbocycles. The molecule has 7 aromatic rings. The average molecular weight is 605 g/mol. The van der Waals surface area contributed by atoms with Gasteiger partial charge in [-0.15, -0.1) is 15.0 Å². The molecular formula is C35H24N8O3. The first-order valence-corrected chi connectivity index (χ1v) is 14.4. The predicted octanol–water partition coefficient (Wildman–Crippen LogP) is 6.73. The van der Waals surface area contributed by atoms with E-state index < -0.39 is 0 Å². The Labute approximate surface area is 261 Å². The van der Waals surface area contributed by atoms with Gasteiger partial charge in [-0.25, -0.2) is 0 Å². The van der Waals surface area contributed by atoms with E-state index in [0.29, 0.717) is 33.5 Å². The Morgan fingerprint density at radius 1 is 0.761 bits per heavy atom. The predicted molar refractivity (Wildman–Crippen MR) is 175 cm³/mol. The maximum absolute atomic E-state index is 13.4. The number of hydrogen-bond acceptors (Lipinski definition) is 10. The van der Waals surface area contributed by atoms with Crippen molar-refractivity contribution in [2.24, 2.45) is 0 Å². The van der Waals surface area contributed by atoms with Crippen molar-refractivity contribution in [3.05, 3.63) is 121 Å². The summed E-state index contributed by atoms with van der Waals surface area (Å²) in [6.07, 6.45) is 1.60. The molecule has 222 valence electrons. The van der Waals surface area contributed by atoms with Gasteiger partial charge in [0.05, 0.1) is 0 Å². The Kier molecular flexibility index (Phi) is 6.35. The third-order valence-corrected chi connectivity index (χ3v) is 7.67. The minimum Gasteiger partial charge on any atom is -0.506 e. The van der Waals surface area contributed by atoms with Crippen LogP contribution in [0.3, 0.4) is 0 Å². The second kappa shape index (κ2) is 10.8. The molecule has 46 heavy (non-hydrogen) atoms. The monoisotopic (exact) mass is 604 g/mol. The number of aromatic nitrogens is 6. The molecular weight excluding hydrogens is 580 g/mol. The summed E-state index contributed by atoms with van der Waals surface area (Å²) < 4.78 is 5.70. The lowest BCUT2D eigenvalue weighted by molar-refractivity contribution is 0.104. The normalized spacial score (nSPS) is 11.8. The molecule has 0 radical (unpaired) electrons. The quantitative estimate of drug-likeness (QED) is 0.160. The number of aromatic hydroxyl groups is 1. The molecule has 3 N–H and O–H groups in total. The van der Waals surface area contributed by atoms with Gasteiger partial charge in [-0.1, -0.05) is 73.3 Å². The van der Waals surface area contributed by atoms with Crippen LogP contribution in [0.25, 0.3) is 38.6 Å². The van der Waals surface area contributed by atoms with Gasteiger partial charge in [0.1, 0.15) is 29.1 Å². The standard InChI is InChI=1S/C35H24N8O3/c1-2-18-46-35-39-33(36-20-14-16-27-28(19-20)42-43(41-27)29-12-5-6-13-30(29)44)38-34(40-35)37-26-17-15-22-21-8-3-4-9-23(21)32(45)25-11-7-10-24(26)31(22)25/h2-17,19,44H,1,18H2,(H2,36,37,38,39,40). The number of anilines is 4. The van der Waals surface area contributed by atoms with Crippen molar-refractivity contribution in [2.75, 3.05) is 17.2 Å². The molecule has 8 rings (SSSR count). The summed E-state index contributed by atoms with van der Waals surface area (Å²) in [5.41, 5.74) is 6.34. The molecule has 0 saturated heterocycles. The lowest BCUT2D eigenvalue weighted by Crippen LogP contribution is -2.11. The zero-order valence-electron chi connectivity index (χ0n) is 24.2. The van der Waals surface area contributed by atoms with Crippen LogP contribution in [0.5, 0.6) is 11.8 Å². The van der Waals surface area contributed by atoms with Gasteiger partial charge in [-0.05, 0) is 47.5 Å². The van der Waals surface area contributed by atoms with Crippen LogP contribution in [0.2, 0.25) is 0 Å². The molecule has 11 heteroatoms. The minimum atomic E-state index is -0.00446. The summed E-state index contributed by atoms with van der Waals surface area (Å²) in [5, 5.41) is 27.5. The summed E-state index contributed by atoms with van der Waals surface area (Å²) in [5.74, 6) is 0.544. The fraction of sp³-hybridized carbons (Fsp3) is 0.0286. The number of phenolic OH excluding ortho intramolecular Hbond substituents is 1. The number of ether oxygens (including phenoxy) is 1. The molecule has 1 aliphatic rings. The van der Waals surface area contributed by atoms with Crippen LogP contribution in [0.4, 0.5) is 23.3 Å².